The summed E-state index contributed by atoms with van der Waals surface area (Å²) >= 11 is 0. The van der Waals surface area contributed by atoms with Gasteiger partial charge in [0.2, 0.25) is 0 Å². The van der Waals surface area contributed by atoms with Gasteiger partial charge in [0.05, 0.1) is 11.3 Å². The van der Waals surface area contributed by atoms with E-state index in [4.69, 9.17) is 0 Å². The van der Waals surface area contributed by atoms with Gasteiger partial charge in [0.15, 0.2) is 5.72 Å². The van der Waals surface area contributed by atoms with Gasteiger partial charge in [-0.15, -0.1) is 0 Å². The van der Waals surface area contributed by atoms with Crippen LogP contribution in [-0.4, -0.2) is 32.8 Å². The maximum atomic E-state index is 13.2. The van der Waals surface area contributed by atoms with Gasteiger partial charge in [-0.2, -0.15) is 23.3 Å². The molecular weight excluding hydrogens is 367 g/mol. The van der Waals surface area contributed by atoms with Crippen molar-refractivity contribution in [3.05, 3.63) is 75.8 Å². The van der Waals surface area contributed by atoms with E-state index >= 15 is 0 Å². The van der Waals surface area contributed by atoms with Gasteiger partial charge in [-0.1, -0.05) is 42.5 Å². The predicted molar refractivity (Wildman–Crippen MR) is 87.7 cm³/mol. The minimum atomic E-state index is -4.87. The lowest BCUT2D eigenvalue weighted by molar-refractivity contribution is -0.385. The van der Waals surface area contributed by atoms with Gasteiger partial charge in [0, 0.05) is 11.6 Å². The minimum Gasteiger partial charge on any atom is -0.365 e. The predicted octanol–water partition coefficient (Wildman–Crippen LogP) is 3.20. The third kappa shape index (κ3) is 3.26. The number of nitro groups is 1. The van der Waals surface area contributed by atoms with Crippen molar-refractivity contribution in [2.45, 2.75) is 18.3 Å². The molecule has 0 saturated heterocycles. The molecule has 0 aromatic heterocycles. The van der Waals surface area contributed by atoms with Crippen LogP contribution in [0.15, 0.2) is 59.7 Å². The number of hydrogen-bond donors (Lipinski definition) is 1. The Labute approximate surface area is 150 Å². The summed E-state index contributed by atoms with van der Waals surface area (Å²) in [5.41, 5.74) is -4.87. The average Bonchev–Trinajstić information content (AvgIpc) is 3.01. The lowest BCUT2D eigenvalue weighted by atomic mass is 9.96. The van der Waals surface area contributed by atoms with Gasteiger partial charge < -0.3 is 5.11 Å². The molecule has 3 rings (SSSR count). The maximum absolute atomic E-state index is 13.2. The van der Waals surface area contributed by atoms with E-state index < -0.39 is 46.1 Å². The lowest BCUT2D eigenvalue weighted by Gasteiger charge is -2.31. The van der Waals surface area contributed by atoms with Gasteiger partial charge in [-0.25, -0.2) is 0 Å². The molecule has 7 nitrogen and oxygen atoms in total. The van der Waals surface area contributed by atoms with E-state index in [9.17, 15) is 33.2 Å². The van der Waals surface area contributed by atoms with E-state index in [0.717, 1.165) is 12.1 Å². The van der Waals surface area contributed by atoms with Crippen LogP contribution in [0, 0.1) is 10.1 Å². The molecule has 1 unspecified atom stereocenters. The molecule has 10 heteroatoms. The minimum absolute atomic E-state index is 0.0000609. The maximum Gasteiger partial charge on any atom is 0.431 e. The van der Waals surface area contributed by atoms with Crippen molar-refractivity contribution < 1.29 is 28.0 Å². The Hall–Kier alpha value is -3.27. The number of aliphatic hydroxyl groups is 1. The van der Waals surface area contributed by atoms with Crippen LogP contribution < -0.4 is 0 Å². The summed E-state index contributed by atoms with van der Waals surface area (Å²) in [6.07, 6.45) is -5.87. The van der Waals surface area contributed by atoms with Crippen molar-refractivity contribution in [1.29, 1.82) is 0 Å². The molecule has 1 aliphatic heterocycles. The topological polar surface area (TPSA) is 96.0 Å². The number of nitrogens with zero attached hydrogens (tertiary/aromatic N) is 3. The Morgan fingerprint density at radius 2 is 1.74 bits per heavy atom. The second kappa shape index (κ2) is 6.47. The number of rotatable bonds is 3. The fourth-order valence-corrected chi connectivity index (χ4v) is 2.77. The van der Waals surface area contributed by atoms with E-state index in [-0.39, 0.29) is 10.6 Å². The number of alkyl halides is 3. The van der Waals surface area contributed by atoms with Gasteiger partial charge in [-0.3, -0.25) is 14.9 Å². The lowest BCUT2D eigenvalue weighted by Crippen LogP contribution is -2.44. The second-order valence-corrected chi connectivity index (χ2v) is 5.80. The molecule has 1 amide bonds. The number of halogens is 3. The van der Waals surface area contributed by atoms with Crippen LogP contribution in [0.5, 0.6) is 0 Å². The van der Waals surface area contributed by atoms with Gasteiger partial charge >= 0.3 is 6.18 Å². The average molecular weight is 379 g/mol. The highest BCUT2D eigenvalue weighted by Gasteiger charge is 2.53. The van der Waals surface area contributed by atoms with Gasteiger partial charge in [0.1, 0.15) is 11.3 Å². The second-order valence-electron chi connectivity index (χ2n) is 5.80. The third-order valence-electron chi connectivity index (χ3n) is 4.07. The molecule has 27 heavy (non-hydrogen) atoms. The zero-order valence-electron chi connectivity index (χ0n) is 13.6. The van der Waals surface area contributed by atoms with Crippen LogP contribution in [0.2, 0.25) is 0 Å². The van der Waals surface area contributed by atoms with Crippen molar-refractivity contribution in [3.63, 3.8) is 0 Å². The summed E-state index contributed by atoms with van der Waals surface area (Å²) in [5, 5.41) is 25.6. The van der Waals surface area contributed by atoms with E-state index in [2.05, 4.69) is 5.10 Å². The van der Waals surface area contributed by atoms with Crippen LogP contribution in [0.3, 0.4) is 0 Å². The number of benzene rings is 2. The first kappa shape index (κ1) is 18.5. The summed E-state index contributed by atoms with van der Waals surface area (Å²) in [4.78, 5) is 23.1. The normalized spacial score (nSPS) is 19.7. The van der Waals surface area contributed by atoms with Crippen LogP contribution in [0.4, 0.5) is 18.9 Å². The summed E-state index contributed by atoms with van der Waals surface area (Å²) in [5.74, 6) is -1.21. The van der Waals surface area contributed by atoms with Crippen molar-refractivity contribution >= 4 is 17.3 Å². The molecule has 0 radical (unpaired) electrons. The first-order valence-electron chi connectivity index (χ1n) is 7.65. The van der Waals surface area contributed by atoms with Gasteiger partial charge in [-0.05, 0) is 6.07 Å². The van der Waals surface area contributed by atoms with Crippen LogP contribution in [0.25, 0.3) is 0 Å². The first-order chi connectivity index (χ1) is 12.6. The highest BCUT2D eigenvalue weighted by molar-refractivity contribution is 6.02. The monoisotopic (exact) mass is 379 g/mol. The number of hydrazone groups is 1. The Morgan fingerprint density at radius 3 is 2.33 bits per heavy atom. The molecule has 1 heterocycles. The van der Waals surface area contributed by atoms with Gasteiger partial charge in [0.25, 0.3) is 11.6 Å². The van der Waals surface area contributed by atoms with Crippen molar-refractivity contribution in [2.75, 3.05) is 0 Å². The van der Waals surface area contributed by atoms with Crippen LogP contribution in [-0.2, 0) is 5.72 Å². The molecule has 0 spiro atoms. The molecule has 0 aliphatic carbocycles. The Morgan fingerprint density at radius 1 is 1.15 bits per heavy atom. The molecule has 1 N–H and O–H groups in total. The van der Waals surface area contributed by atoms with Crippen molar-refractivity contribution in [3.8, 4) is 0 Å². The highest BCUT2D eigenvalue weighted by Crippen LogP contribution is 2.40. The SMILES string of the molecule is O=C(c1ccccc1[N+](=O)[O-])N1N=C(C(F)(F)F)CC1(O)c1ccccc1. The molecule has 0 fully saturated rings. The van der Waals surface area contributed by atoms with Crippen LogP contribution >= 0.6 is 0 Å². The third-order valence-corrected chi connectivity index (χ3v) is 4.07. The van der Waals surface area contributed by atoms with E-state index in [1.54, 1.807) is 6.07 Å². The zero-order chi connectivity index (χ0) is 19.8. The fourth-order valence-electron chi connectivity index (χ4n) is 2.77. The number of carbonyl (C=O) groups excluding carboxylic acids is 1. The van der Waals surface area contributed by atoms with Crippen molar-refractivity contribution in [2.24, 2.45) is 5.10 Å². The Kier molecular flexibility index (Phi) is 4.44. The molecule has 1 aliphatic rings. The first-order valence-corrected chi connectivity index (χ1v) is 7.65. The van der Waals surface area contributed by atoms with E-state index in [0.29, 0.717) is 0 Å². The summed E-state index contributed by atoms with van der Waals surface area (Å²) in [6.45, 7) is 0. The fraction of sp³-hybridized carbons (Fsp3) is 0.176. The number of carbonyl (C=O) groups is 1. The van der Waals surface area contributed by atoms with E-state index in [1.807, 2.05) is 0 Å². The molecule has 0 bridgehead atoms. The summed E-state index contributed by atoms with van der Waals surface area (Å²) in [7, 11) is 0. The molecule has 2 aromatic rings. The molecule has 1 atom stereocenters. The number of para-hydroxylation sites is 1. The standard InChI is InChI=1S/C17H12F3N3O4/c18-17(19,20)14-10-16(25,11-6-2-1-3-7-11)22(21-14)15(24)12-8-4-5-9-13(12)23(26)27/h1-9,25H,10H2. The quantitative estimate of drug-likeness (QED) is 0.654. The number of nitro benzene ring substituents is 1. The Bertz CT molecular complexity index is 931. The molecule has 140 valence electrons. The smallest absolute Gasteiger partial charge is 0.365 e. The number of amides is 1. The largest absolute Gasteiger partial charge is 0.431 e. The highest BCUT2D eigenvalue weighted by atomic mass is 19.4. The van der Waals surface area contributed by atoms with Crippen LogP contribution in [0.1, 0.15) is 22.3 Å². The molecular formula is C17H12F3N3O4. The molecule has 0 saturated carbocycles. The molecule has 2 aromatic carbocycles. The summed E-state index contributed by atoms with van der Waals surface area (Å²) in [6, 6.07) is 12.0. The summed E-state index contributed by atoms with van der Waals surface area (Å²) < 4.78 is 39.5. The Balaban J connectivity index is 2.13. The number of hydrogen-bond acceptors (Lipinski definition) is 5. The van der Waals surface area contributed by atoms with E-state index in [1.165, 1.54) is 36.4 Å². The zero-order valence-corrected chi connectivity index (χ0v) is 13.6. The van der Waals surface area contributed by atoms with Crippen molar-refractivity contribution in [1.82, 2.24) is 5.01 Å².